The maximum atomic E-state index is 2.56. The Hall–Kier alpha value is -5.44. The fourth-order valence-electron chi connectivity index (χ4n) is 9.04. The fraction of sp³-hybridized carbons (Fsp3) is 0.125. The fourth-order valence-corrected chi connectivity index (χ4v) is 10.3. The van der Waals surface area contributed by atoms with Gasteiger partial charge in [0, 0.05) is 47.8 Å². The summed E-state index contributed by atoms with van der Waals surface area (Å²) >= 11 is 1.89. The quantitative estimate of drug-likeness (QED) is 0.182. The summed E-state index contributed by atoms with van der Waals surface area (Å²) in [6.45, 7) is 9.49. The van der Waals surface area contributed by atoms with Crippen molar-refractivity contribution in [2.24, 2.45) is 0 Å². The summed E-state index contributed by atoms with van der Waals surface area (Å²) in [5.41, 5.74) is 16.7. The molecule has 1 aromatic heterocycles. The highest BCUT2D eigenvalue weighted by Crippen LogP contribution is 2.58. The highest BCUT2D eigenvalue weighted by atomic mass is 32.1. The minimum Gasteiger partial charge on any atom is -0.309 e. The second-order valence-corrected chi connectivity index (χ2v) is 16.0. The predicted molar refractivity (Wildman–Crippen MR) is 215 cm³/mol. The largest absolute Gasteiger partial charge is 0.309 e. The highest BCUT2D eigenvalue weighted by molar-refractivity contribution is 7.26. The third-order valence-corrected chi connectivity index (χ3v) is 12.7. The third-order valence-electron chi connectivity index (χ3n) is 11.5. The number of nitrogens with zero attached hydrogens (tertiary/aromatic N) is 1. The zero-order chi connectivity index (χ0) is 33.8. The van der Waals surface area contributed by atoms with Crippen LogP contribution < -0.4 is 4.90 Å². The first-order chi connectivity index (χ1) is 24.3. The number of hydrogen-bond acceptors (Lipinski definition) is 2. The number of anilines is 3. The van der Waals surface area contributed by atoms with Crippen LogP contribution in [0.1, 0.15) is 49.9 Å². The van der Waals surface area contributed by atoms with Gasteiger partial charge in [0.2, 0.25) is 0 Å². The van der Waals surface area contributed by atoms with E-state index >= 15 is 0 Å². The van der Waals surface area contributed by atoms with Crippen molar-refractivity contribution in [1.82, 2.24) is 0 Å². The van der Waals surface area contributed by atoms with Gasteiger partial charge in [-0.05, 0) is 74.8 Å². The molecule has 2 aliphatic carbocycles. The molecule has 0 unspecified atom stereocenters. The minimum absolute atomic E-state index is 0.0977. The monoisotopic (exact) mass is 659 g/mol. The lowest BCUT2D eigenvalue weighted by Crippen LogP contribution is -2.17. The molecule has 0 saturated heterocycles. The topological polar surface area (TPSA) is 3.24 Å². The summed E-state index contributed by atoms with van der Waals surface area (Å²) in [7, 11) is 0. The molecule has 0 N–H and O–H groups in total. The summed E-state index contributed by atoms with van der Waals surface area (Å²) in [5, 5.41) is 2.65. The number of rotatable bonds is 4. The molecule has 1 nitrogen and oxygen atoms in total. The lowest BCUT2D eigenvalue weighted by Gasteiger charge is -2.31. The van der Waals surface area contributed by atoms with Crippen molar-refractivity contribution in [1.29, 1.82) is 0 Å². The van der Waals surface area contributed by atoms with Crippen molar-refractivity contribution in [2.45, 2.75) is 38.5 Å². The Balaban J connectivity index is 1.27. The van der Waals surface area contributed by atoms with E-state index in [0.717, 1.165) is 5.69 Å². The minimum atomic E-state index is -0.0977. The van der Waals surface area contributed by atoms with Crippen LogP contribution in [0.5, 0.6) is 0 Å². The summed E-state index contributed by atoms with van der Waals surface area (Å²) in [4.78, 5) is 2.56. The number of thiophene rings is 1. The molecule has 0 fully saturated rings. The van der Waals surface area contributed by atoms with Gasteiger partial charge < -0.3 is 4.90 Å². The molecule has 0 atom stereocenters. The highest BCUT2D eigenvalue weighted by Gasteiger charge is 2.40. The molecule has 7 aromatic carbocycles. The smallest absolute Gasteiger partial charge is 0.0543 e. The molecule has 50 heavy (non-hydrogen) atoms. The Labute approximate surface area is 298 Å². The molecule has 240 valence electrons. The van der Waals surface area contributed by atoms with Crippen LogP contribution in [0.25, 0.3) is 53.6 Å². The maximum Gasteiger partial charge on any atom is 0.0543 e. The Bertz CT molecular complexity index is 2560. The van der Waals surface area contributed by atoms with Crippen LogP contribution in [0.4, 0.5) is 17.1 Å². The molecule has 0 spiro atoms. The second-order valence-electron chi connectivity index (χ2n) is 14.9. The third kappa shape index (κ3) is 4.00. The molecular formula is C48H37NS. The van der Waals surface area contributed by atoms with Crippen LogP contribution in [0, 0.1) is 0 Å². The van der Waals surface area contributed by atoms with Crippen molar-refractivity contribution in [3.63, 3.8) is 0 Å². The lowest BCUT2D eigenvalue weighted by molar-refractivity contribution is 0.660. The van der Waals surface area contributed by atoms with Crippen molar-refractivity contribution in [3.8, 4) is 33.4 Å². The molecule has 0 saturated carbocycles. The van der Waals surface area contributed by atoms with E-state index in [1.807, 2.05) is 11.3 Å². The van der Waals surface area contributed by atoms with Crippen molar-refractivity contribution in [2.75, 3.05) is 4.90 Å². The predicted octanol–water partition coefficient (Wildman–Crippen LogP) is 13.8. The number of benzene rings is 7. The molecule has 0 bridgehead atoms. The lowest BCUT2D eigenvalue weighted by atomic mass is 9.82. The van der Waals surface area contributed by atoms with E-state index in [4.69, 9.17) is 0 Å². The Kier molecular flexibility index (Phi) is 6.21. The molecule has 10 rings (SSSR count). The summed E-state index contributed by atoms with van der Waals surface area (Å²) in [5.74, 6) is 0. The van der Waals surface area contributed by atoms with Gasteiger partial charge in [-0.3, -0.25) is 0 Å². The van der Waals surface area contributed by atoms with Crippen LogP contribution in [-0.2, 0) is 10.8 Å². The Morgan fingerprint density at radius 2 is 0.940 bits per heavy atom. The second kappa shape index (κ2) is 10.5. The van der Waals surface area contributed by atoms with Crippen LogP contribution >= 0.6 is 11.3 Å². The van der Waals surface area contributed by atoms with E-state index in [2.05, 4.69) is 184 Å². The van der Waals surface area contributed by atoms with Gasteiger partial charge in [0.15, 0.2) is 0 Å². The molecule has 0 aliphatic heterocycles. The first kappa shape index (κ1) is 29.5. The van der Waals surface area contributed by atoms with Gasteiger partial charge in [-0.15, -0.1) is 11.3 Å². The normalized spacial score (nSPS) is 14.7. The van der Waals surface area contributed by atoms with Gasteiger partial charge >= 0.3 is 0 Å². The van der Waals surface area contributed by atoms with Crippen LogP contribution in [0.3, 0.4) is 0 Å². The Morgan fingerprint density at radius 3 is 1.60 bits per heavy atom. The van der Waals surface area contributed by atoms with Gasteiger partial charge in [0.25, 0.3) is 0 Å². The van der Waals surface area contributed by atoms with Gasteiger partial charge in [-0.1, -0.05) is 149 Å². The van der Waals surface area contributed by atoms with Gasteiger partial charge in [-0.2, -0.15) is 0 Å². The SMILES string of the molecule is CC1(C)c2ccccc2-c2c(N(c3cccc(-c4cccc5c4sc4ccccc45)c3)c3cccc4c3-c3ccccc3C4(C)C)cccc21. The molecule has 0 radical (unpaired) electrons. The van der Waals surface area contributed by atoms with E-state index in [1.165, 1.54) is 87.2 Å². The van der Waals surface area contributed by atoms with E-state index in [9.17, 15) is 0 Å². The average Bonchev–Trinajstić information content (AvgIpc) is 3.73. The van der Waals surface area contributed by atoms with Crippen LogP contribution in [-0.4, -0.2) is 0 Å². The van der Waals surface area contributed by atoms with Gasteiger partial charge in [0.1, 0.15) is 0 Å². The van der Waals surface area contributed by atoms with E-state index < -0.39 is 0 Å². The van der Waals surface area contributed by atoms with Crippen molar-refractivity contribution in [3.05, 3.63) is 174 Å². The molecular weight excluding hydrogens is 623 g/mol. The Morgan fingerprint density at radius 1 is 0.440 bits per heavy atom. The molecule has 8 aromatic rings. The molecule has 2 heteroatoms. The van der Waals surface area contributed by atoms with Gasteiger partial charge in [0.05, 0.1) is 11.4 Å². The molecule has 2 aliphatic rings. The number of fused-ring (bicyclic) bond motifs is 9. The van der Waals surface area contributed by atoms with Crippen LogP contribution in [0.15, 0.2) is 152 Å². The zero-order valence-corrected chi connectivity index (χ0v) is 29.6. The number of hydrogen-bond donors (Lipinski definition) is 0. The zero-order valence-electron chi connectivity index (χ0n) is 28.8. The molecule has 0 amide bonds. The first-order valence-electron chi connectivity index (χ1n) is 17.6. The van der Waals surface area contributed by atoms with Crippen molar-refractivity contribution < 1.29 is 0 Å². The summed E-state index contributed by atoms with van der Waals surface area (Å²) in [6.07, 6.45) is 0. The van der Waals surface area contributed by atoms with Crippen molar-refractivity contribution >= 4 is 48.6 Å². The van der Waals surface area contributed by atoms with E-state index in [-0.39, 0.29) is 10.8 Å². The van der Waals surface area contributed by atoms with E-state index in [0.29, 0.717) is 0 Å². The molecule has 1 heterocycles. The van der Waals surface area contributed by atoms with Gasteiger partial charge in [-0.25, -0.2) is 0 Å². The summed E-state index contributed by atoms with van der Waals surface area (Å²) < 4.78 is 2.67. The average molecular weight is 660 g/mol. The first-order valence-corrected chi connectivity index (χ1v) is 18.4. The summed E-state index contributed by atoms with van der Waals surface area (Å²) in [6, 6.07) is 56.7. The standard InChI is InChI=1S/C48H37NS/c1-47(2)37-22-8-5-18-35(37)44-39(47)24-13-26-41(44)49(42-27-14-25-40-45(42)36-19-6-9-23-38(36)48(40,3)4)31-16-11-15-30(29-31)32-20-12-21-34-33-17-7-10-28-43(33)50-46(32)34/h5-29H,1-4H3. The van der Waals surface area contributed by atoms with Crippen LogP contribution in [0.2, 0.25) is 0 Å². The van der Waals surface area contributed by atoms with E-state index in [1.54, 1.807) is 0 Å². The maximum absolute atomic E-state index is 2.56.